The van der Waals surface area contributed by atoms with E-state index in [9.17, 15) is 20.0 Å². The Balaban J connectivity index is 1.73. The van der Waals surface area contributed by atoms with Crippen molar-refractivity contribution in [2.45, 2.75) is 13.0 Å². The number of hydrogen-bond donors (Lipinski definition) is 1. The smallest absolute Gasteiger partial charge is 0.342 e. The lowest BCUT2D eigenvalue weighted by molar-refractivity contribution is -0.384. The second kappa shape index (κ2) is 7.01. The molecule has 1 unspecified atom stereocenters. The van der Waals surface area contributed by atoms with Crippen molar-refractivity contribution in [3.63, 3.8) is 0 Å². The van der Waals surface area contributed by atoms with Crippen molar-refractivity contribution < 1.29 is 24.0 Å². The van der Waals surface area contributed by atoms with Crippen molar-refractivity contribution in [2.75, 3.05) is 0 Å². The fraction of sp³-hybridized carbons (Fsp3) is 0.118. The first-order valence-electron chi connectivity index (χ1n) is 7.53. The summed E-state index contributed by atoms with van der Waals surface area (Å²) in [5.41, 5.74) is 0.460. The van der Waals surface area contributed by atoms with Gasteiger partial charge in [-0.1, -0.05) is 12.1 Å². The number of nitro benzene ring substituents is 1. The number of phenols is 1. The molecule has 3 aromatic rings. The van der Waals surface area contributed by atoms with Gasteiger partial charge in [0.05, 0.1) is 4.92 Å². The van der Waals surface area contributed by atoms with Crippen molar-refractivity contribution in [3.8, 4) is 17.2 Å². The molecule has 0 saturated carbocycles. The Morgan fingerprint density at radius 1 is 1.19 bits per heavy atom. The normalized spacial score (nSPS) is 11.7. The molecule has 1 heterocycles. The summed E-state index contributed by atoms with van der Waals surface area (Å²) in [4.78, 5) is 22.3. The molecule has 0 spiro atoms. The van der Waals surface area contributed by atoms with Gasteiger partial charge in [0.2, 0.25) is 5.89 Å². The quantitative estimate of drug-likeness (QED) is 0.419. The molecule has 1 atom stereocenters. The highest BCUT2D eigenvalue weighted by Gasteiger charge is 2.21. The summed E-state index contributed by atoms with van der Waals surface area (Å²) >= 11 is 0. The molecule has 0 aliphatic heterocycles. The maximum absolute atomic E-state index is 12.1. The monoisotopic (exact) mass is 355 g/mol. The standard InChI is InChI=1S/C17H13N3O6/c1-10(25-17(22)13-4-2-3-5-14(13)21)15-18-19-16(26-15)11-6-8-12(9-7-11)20(23)24/h2-10,21H,1H3. The molecular formula is C17H13N3O6. The lowest BCUT2D eigenvalue weighted by Gasteiger charge is -2.10. The highest BCUT2D eigenvalue weighted by molar-refractivity contribution is 5.92. The number of esters is 1. The van der Waals surface area contributed by atoms with Crippen LogP contribution in [0.2, 0.25) is 0 Å². The van der Waals surface area contributed by atoms with Crippen molar-refractivity contribution in [2.24, 2.45) is 0 Å². The number of nitro groups is 1. The van der Waals surface area contributed by atoms with Crippen LogP contribution in [0.25, 0.3) is 11.5 Å². The zero-order valence-corrected chi connectivity index (χ0v) is 13.5. The van der Waals surface area contributed by atoms with Gasteiger partial charge in [-0.3, -0.25) is 10.1 Å². The van der Waals surface area contributed by atoms with E-state index in [0.29, 0.717) is 5.56 Å². The SMILES string of the molecule is CC(OC(=O)c1ccccc1O)c1nnc(-c2ccc([N+](=O)[O-])cc2)o1. The molecule has 0 fully saturated rings. The average Bonchev–Trinajstić information content (AvgIpc) is 3.12. The molecule has 132 valence electrons. The number of non-ortho nitro benzene ring substituents is 1. The van der Waals surface area contributed by atoms with Gasteiger partial charge in [-0.2, -0.15) is 0 Å². The van der Waals surface area contributed by atoms with Crippen molar-refractivity contribution in [1.29, 1.82) is 0 Å². The van der Waals surface area contributed by atoms with Gasteiger partial charge in [-0.25, -0.2) is 4.79 Å². The van der Waals surface area contributed by atoms with E-state index in [0.717, 1.165) is 0 Å². The minimum atomic E-state index is -0.846. The summed E-state index contributed by atoms with van der Waals surface area (Å²) in [6.45, 7) is 1.55. The lowest BCUT2D eigenvalue weighted by atomic mass is 10.2. The largest absolute Gasteiger partial charge is 0.507 e. The third kappa shape index (κ3) is 3.51. The summed E-state index contributed by atoms with van der Waals surface area (Å²) in [6.07, 6.45) is -0.846. The van der Waals surface area contributed by atoms with Crippen LogP contribution < -0.4 is 0 Å². The molecule has 0 saturated heterocycles. The number of benzene rings is 2. The fourth-order valence-electron chi connectivity index (χ4n) is 2.16. The van der Waals surface area contributed by atoms with Crippen LogP contribution in [0.3, 0.4) is 0 Å². The Hall–Kier alpha value is -3.75. The van der Waals surface area contributed by atoms with Crippen molar-refractivity contribution >= 4 is 11.7 Å². The molecular weight excluding hydrogens is 342 g/mol. The van der Waals surface area contributed by atoms with Crippen LogP contribution in [0.5, 0.6) is 5.75 Å². The lowest BCUT2D eigenvalue weighted by Crippen LogP contribution is -2.09. The van der Waals surface area contributed by atoms with E-state index in [2.05, 4.69) is 10.2 Å². The average molecular weight is 355 g/mol. The molecule has 0 amide bonds. The van der Waals surface area contributed by atoms with E-state index < -0.39 is 17.0 Å². The second-order valence-corrected chi connectivity index (χ2v) is 5.31. The maximum Gasteiger partial charge on any atom is 0.342 e. The number of nitrogens with zero attached hydrogens (tertiary/aromatic N) is 3. The van der Waals surface area contributed by atoms with Gasteiger partial charge in [0.25, 0.3) is 11.6 Å². The number of carbonyl (C=O) groups is 1. The van der Waals surface area contributed by atoms with E-state index in [1.165, 1.54) is 36.4 Å². The van der Waals surface area contributed by atoms with Gasteiger partial charge in [0, 0.05) is 17.7 Å². The summed E-state index contributed by atoms with van der Waals surface area (Å²) in [5, 5.41) is 28.0. The number of para-hydroxylation sites is 1. The second-order valence-electron chi connectivity index (χ2n) is 5.31. The van der Waals surface area contributed by atoms with Crippen molar-refractivity contribution in [1.82, 2.24) is 10.2 Å². The number of aromatic hydroxyl groups is 1. The summed E-state index contributed by atoms with van der Waals surface area (Å²) in [7, 11) is 0. The van der Waals surface area contributed by atoms with Gasteiger partial charge in [-0.15, -0.1) is 10.2 Å². The molecule has 1 aromatic heterocycles. The van der Waals surface area contributed by atoms with E-state index in [-0.39, 0.29) is 28.8 Å². The molecule has 26 heavy (non-hydrogen) atoms. The van der Waals surface area contributed by atoms with Crippen LogP contribution in [0, 0.1) is 10.1 Å². The van der Waals surface area contributed by atoms with Crippen LogP contribution in [-0.4, -0.2) is 26.2 Å². The summed E-state index contributed by atoms with van der Waals surface area (Å²) in [5.74, 6) is -0.727. The first-order valence-corrected chi connectivity index (χ1v) is 7.53. The molecule has 0 radical (unpaired) electrons. The van der Waals surface area contributed by atoms with Crippen molar-refractivity contribution in [3.05, 3.63) is 70.1 Å². The van der Waals surface area contributed by atoms with E-state index in [1.54, 1.807) is 19.1 Å². The Bertz CT molecular complexity index is 951. The van der Waals surface area contributed by atoms with Crippen LogP contribution in [-0.2, 0) is 4.74 Å². The first-order chi connectivity index (χ1) is 12.5. The number of aromatic nitrogens is 2. The Kier molecular flexibility index (Phi) is 4.61. The highest BCUT2D eigenvalue weighted by atomic mass is 16.6. The molecule has 1 N–H and O–H groups in total. The predicted octanol–water partition coefficient (Wildman–Crippen LogP) is 3.27. The molecule has 0 aliphatic rings. The third-order valence-corrected chi connectivity index (χ3v) is 3.52. The minimum absolute atomic E-state index is 0.0226. The Morgan fingerprint density at radius 3 is 2.54 bits per heavy atom. The minimum Gasteiger partial charge on any atom is -0.507 e. The van der Waals surface area contributed by atoms with Gasteiger partial charge in [0.1, 0.15) is 11.3 Å². The molecule has 0 bridgehead atoms. The zero-order chi connectivity index (χ0) is 18.7. The number of ether oxygens (including phenoxy) is 1. The Morgan fingerprint density at radius 2 is 1.88 bits per heavy atom. The molecule has 9 heteroatoms. The Labute approximate surface area is 147 Å². The number of phenolic OH excluding ortho intramolecular Hbond substituents is 1. The van der Waals surface area contributed by atoms with E-state index in [1.807, 2.05) is 0 Å². The predicted molar refractivity (Wildman–Crippen MR) is 88.3 cm³/mol. The number of hydrogen-bond acceptors (Lipinski definition) is 8. The van der Waals surface area contributed by atoms with Gasteiger partial charge in [-0.05, 0) is 31.2 Å². The molecule has 0 aliphatic carbocycles. The number of rotatable bonds is 5. The van der Waals surface area contributed by atoms with Crippen LogP contribution >= 0.6 is 0 Å². The highest BCUT2D eigenvalue weighted by Crippen LogP contribution is 2.26. The molecule has 9 nitrogen and oxygen atoms in total. The zero-order valence-electron chi connectivity index (χ0n) is 13.5. The van der Waals surface area contributed by atoms with E-state index in [4.69, 9.17) is 9.15 Å². The van der Waals surface area contributed by atoms with Gasteiger partial charge >= 0.3 is 5.97 Å². The molecule has 3 rings (SSSR count). The molecule has 2 aromatic carbocycles. The third-order valence-electron chi connectivity index (χ3n) is 3.52. The van der Waals surface area contributed by atoms with Crippen LogP contribution in [0.4, 0.5) is 5.69 Å². The summed E-state index contributed by atoms with van der Waals surface area (Å²) in [6, 6.07) is 11.6. The van der Waals surface area contributed by atoms with Crippen LogP contribution in [0.1, 0.15) is 29.3 Å². The topological polar surface area (TPSA) is 129 Å². The number of carbonyl (C=O) groups excluding carboxylic acids is 1. The van der Waals surface area contributed by atoms with Gasteiger partial charge in [0.15, 0.2) is 6.10 Å². The van der Waals surface area contributed by atoms with E-state index >= 15 is 0 Å². The summed E-state index contributed by atoms with van der Waals surface area (Å²) < 4.78 is 10.7. The van der Waals surface area contributed by atoms with Crippen LogP contribution in [0.15, 0.2) is 52.9 Å². The first kappa shape index (κ1) is 17.1. The fourth-order valence-corrected chi connectivity index (χ4v) is 2.16. The maximum atomic E-state index is 12.1. The van der Waals surface area contributed by atoms with Gasteiger partial charge < -0.3 is 14.3 Å².